The minimum atomic E-state index is -0.797. The van der Waals surface area contributed by atoms with Crippen LogP contribution < -0.4 is 0 Å². The Bertz CT molecular complexity index is 360. The van der Waals surface area contributed by atoms with Crippen LogP contribution in [0, 0.1) is 5.92 Å². The van der Waals surface area contributed by atoms with Crippen LogP contribution >= 0.6 is 0 Å². The molecule has 18 heavy (non-hydrogen) atoms. The number of carbonyl (C=O) groups excluding carboxylic acids is 1. The molecule has 3 atom stereocenters. The van der Waals surface area contributed by atoms with Gasteiger partial charge in [0.25, 0.3) is 0 Å². The van der Waals surface area contributed by atoms with Gasteiger partial charge < -0.3 is 14.7 Å². The van der Waals surface area contributed by atoms with Crippen LogP contribution in [-0.4, -0.2) is 39.8 Å². The SMILES string of the molecule is CC(C)(C)OC(=O)N1[C@@H]2CC[C@H](C(=O)O)[C@H]1CC2. The Labute approximate surface area is 107 Å². The van der Waals surface area contributed by atoms with Crippen LogP contribution in [0.25, 0.3) is 0 Å². The van der Waals surface area contributed by atoms with Crippen LogP contribution in [0.5, 0.6) is 0 Å². The number of carboxylic acids is 1. The van der Waals surface area contributed by atoms with Gasteiger partial charge in [0.2, 0.25) is 0 Å². The Hall–Kier alpha value is -1.26. The van der Waals surface area contributed by atoms with Crippen LogP contribution in [0.4, 0.5) is 4.79 Å². The van der Waals surface area contributed by atoms with E-state index < -0.39 is 17.5 Å². The fourth-order valence-electron chi connectivity index (χ4n) is 3.04. The number of rotatable bonds is 1. The van der Waals surface area contributed by atoms with Gasteiger partial charge in [0.15, 0.2) is 0 Å². The minimum absolute atomic E-state index is 0.167. The lowest BCUT2D eigenvalue weighted by molar-refractivity contribution is -0.145. The molecule has 2 aliphatic heterocycles. The third kappa shape index (κ3) is 2.44. The maximum atomic E-state index is 12.2. The predicted octanol–water partition coefficient (Wildman–Crippen LogP) is 2.25. The van der Waals surface area contributed by atoms with Crippen LogP contribution in [0.2, 0.25) is 0 Å². The smallest absolute Gasteiger partial charge is 0.410 e. The number of aliphatic carboxylic acids is 1. The van der Waals surface area contributed by atoms with Gasteiger partial charge in [-0.2, -0.15) is 0 Å². The lowest BCUT2D eigenvalue weighted by atomic mass is 9.90. The number of hydrogen-bond acceptors (Lipinski definition) is 3. The third-order valence-corrected chi connectivity index (χ3v) is 3.74. The van der Waals surface area contributed by atoms with Gasteiger partial charge in [0, 0.05) is 12.1 Å². The number of amides is 1. The highest BCUT2D eigenvalue weighted by molar-refractivity contribution is 5.75. The van der Waals surface area contributed by atoms with Crippen LogP contribution in [-0.2, 0) is 9.53 Å². The quantitative estimate of drug-likeness (QED) is 0.780. The Morgan fingerprint density at radius 1 is 1.17 bits per heavy atom. The van der Waals surface area contributed by atoms with E-state index in [1.54, 1.807) is 4.90 Å². The summed E-state index contributed by atoms with van der Waals surface area (Å²) in [5.74, 6) is -1.23. The summed E-state index contributed by atoms with van der Waals surface area (Å²) in [4.78, 5) is 25.0. The molecule has 0 radical (unpaired) electrons. The van der Waals surface area contributed by atoms with E-state index >= 15 is 0 Å². The molecular weight excluding hydrogens is 234 g/mol. The molecule has 2 aliphatic rings. The molecule has 5 nitrogen and oxygen atoms in total. The number of hydrogen-bond donors (Lipinski definition) is 1. The van der Waals surface area contributed by atoms with E-state index in [0.29, 0.717) is 6.42 Å². The zero-order chi connectivity index (χ0) is 13.5. The lowest BCUT2D eigenvalue weighted by Crippen LogP contribution is -2.51. The number of fused-ring (bicyclic) bond motifs is 2. The van der Waals surface area contributed by atoms with Crippen molar-refractivity contribution in [2.45, 2.75) is 64.1 Å². The van der Waals surface area contributed by atoms with Crippen molar-refractivity contribution in [3.63, 3.8) is 0 Å². The third-order valence-electron chi connectivity index (χ3n) is 3.74. The van der Waals surface area contributed by atoms with Crippen molar-refractivity contribution in [2.75, 3.05) is 0 Å². The zero-order valence-corrected chi connectivity index (χ0v) is 11.2. The maximum Gasteiger partial charge on any atom is 0.410 e. The second kappa shape index (κ2) is 4.44. The van der Waals surface area contributed by atoms with Gasteiger partial charge in [-0.1, -0.05) is 0 Å². The monoisotopic (exact) mass is 255 g/mol. The fourth-order valence-corrected chi connectivity index (χ4v) is 3.04. The molecule has 0 aromatic rings. The molecule has 0 aliphatic carbocycles. The molecule has 2 saturated heterocycles. The number of carbonyl (C=O) groups is 2. The molecule has 102 valence electrons. The van der Waals surface area contributed by atoms with E-state index in [1.165, 1.54) is 0 Å². The Morgan fingerprint density at radius 3 is 2.33 bits per heavy atom. The van der Waals surface area contributed by atoms with Crippen molar-refractivity contribution in [1.82, 2.24) is 4.90 Å². The molecule has 2 rings (SSSR count). The summed E-state index contributed by atoms with van der Waals surface area (Å²) in [5.41, 5.74) is -0.535. The molecule has 1 amide bonds. The molecule has 0 unspecified atom stereocenters. The molecule has 1 N–H and O–H groups in total. The van der Waals surface area contributed by atoms with Crippen molar-refractivity contribution in [1.29, 1.82) is 0 Å². The Kier molecular flexibility index (Phi) is 3.25. The summed E-state index contributed by atoms with van der Waals surface area (Å²) in [7, 11) is 0. The van der Waals surface area contributed by atoms with Gasteiger partial charge in [-0.05, 0) is 46.5 Å². The van der Waals surface area contributed by atoms with E-state index in [1.807, 2.05) is 20.8 Å². The first-order valence-corrected chi connectivity index (χ1v) is 6.54. The topological polar surface area (TPSA) is 66.8 Å². The van der Waals surface area contributed by atoms with Crippen molar-refractivity contribution in [3.8, 4) is 0 Å². The lowest BCUT2D eigenvalue weighted by Gasteiger charge is -2.38. The normalized spacial score (nSPS) is 31.3. The highest BCUT2D eigenvalue weighted by Gasteiger charge is 2.48. The highest BCUT2D eigenvalue weighted by Crippen LogP contribution is 2.40. The Morgan fingerprint density at radius 2 is 1.78 bits per heavy atom. The molecule has 2 bridgehead atoms. The van der Waals surface area contributed by atoms with Crippen LogP contribution in [0.3, 0.4) is 0 Å². The van der Waals surface area contributed by atoms with Crippen molar-refractivity contribution in [3.05, 3.63) is 0 Å². The van der Waals surface area contributed by atoms with Crippen molar-refractivity contribution in [2.24, 2.45) is 5.92 Å². The zero-order valence-electron chi connectivity index (χ0n) is 11.2. The summed E-state index contributed by atoms with van der Waals surface area (Å²) in [6.07, 6.45) is 2.76. The van der Waals surface area contributed by atoms with Crippen LogP contribution in [0.1, 0.15) is 46.5 Å². The van der Waals surface area contributed by atoms with E-state index in [4.69, 9.17) is 4.74 Å². The molecule has 0 spiro atoms. The first kappa shape index (κ1) is 13.2. The highest BCUT2D eigenvalue weighted by atomic mass is 16.6. The predicted molar refractivity (Wildman–Crippen MR) is 65.2 cm³/mol. The molecule has 5 heteroatoms. The van der Waals surface area contributed by atoms with Gasteiger partial charge in [0.1, 0.15) is 5.60 Å². The van der Waals surface area contributed by atoms with Gasteiger partial charge in [0.05, 0.1) is 5.92 Å². The number of nitrogens with zero attached hydrogens (tertiary/aromatic N) is 1. The first-order chi connectivity index (χ1) is 8.29. The van der Waals surface area contributed by atoms with Gasteiger partial charge in [-0.15, -0.1) is 0 Å². The molecule has 0 aromatic carbocycles. The van der Waals surface area contributed by atoms with E-state index in [9.17, 15) is 14.7 Å². The summed E-state index contributed by atoms with van der Waals surface area (Å²) in [6.45, 7) is 5.47. The van der Waals surface area contributed by atoms with Crippen molar-refractivity contribution >= 4 is 12.1 Å². The molecule has 2 heterocycles. The average molecular weight is 255 g/mol. The number of ether oxygens (including phenoxy) is 1. The molecular formula is C13H21NO4. The summed E-state index contributed by atoms with van der Waals surface area (Å²) >= 11 is 0. The van der Waals surface area contributed by atoms with E-state index in [2.05, 4.69) is 0 Å². The first-order valence-electron chi connectivity index (χ1n) is 6.54. The molecule has 0 aromatic heterocycles. The standard InChI is InChI=1S/C13H21NO4/c1-13(2,3)18-12(17)14-8-4-6-9(11(15)16)10(14)7-5-8/h8-10H,4-7H2,1-3H3,(H,15,16)/t8-,9+,10-/m1/s1. The number of carboxylic acid groups (broad SMARTS) is 1. The van der Waals surface area contributed by atoms with Crippen LogP contribution in [0.15, 0.2) is 0 Å². The largest absolute Gasteiger partial charge is 0.481 e. The Balaban J connectivity index is 2.13. The van der Waals surface area contributed by atoms with Gasteiger partial charge in [-0.25, -0.2) is 4.79 Å². The van der Waals surface area contributed by atoms with E-state index in [0.717, 1.165) is 19.3 Å². The minimum Gasteiger partial charge on any atom is -0.481 e. The van der Waals surface area contributed by atoms with Crippen molar-refractivity contribution < 1.29 is 19.4 Å². The van der Waals surface area contributed by atoms with E-state index in [-0.39, 0.29) is 18.2 Å². The fraction of sp³-hybridized carbons (Fsp3) is 0.846. The van der Waals surface area contributed by atoms with Gasteiger partial charge in [-0.3, -0.25) is 4.79 Å². The maximum absolute atomic E-state index is 12.2. The summed E-state index contributed by atoms with van der Waals surface area (Å²) < 4.78 is 5.38. The summed E-state index contributed by atoms with van der Waals surface area (Å²) in [5, 5.41) is 9.21. The number of piperidine rings is 1. The second-order valence-electron chi connectivity index (χ2n) is 6.21. The average Bonchev–Trinajstić information content (AvgIpc) is 2.49. The van der Waals surface area contributed by atoms with Gasteiger partial charge >= 0.3 is 12.1 Å². The molecule has 0 saturated carbocycles. The second-order valence-corrected chi connectivity index (χ2v) is 6.21. The molecule has 2 fully saturated rings. The summed E-state index contributed by atoms with van der Waals surface area (Å²) in [6, 6.07) is -0.0171.